The van der Waals surface area contributed by atoms with E-state index in [0.29, 0.717) is 12.1 Å². The summed E-state index contributed by atoms with van der Waals surface area (Å²) in [6.45, 7) is 6.83. The Morgan fingerprint density at radius 1 is 1.05 bits per heavy atom. The predicted molar refractivity (Wildman–Crippen MR) is 88.5 cm³/mol. The average Bonchev–Trinajstić information content (AvgIpc) is 2.42. The molecule has 1 rings (SSSR count). The summed E-state index contributed by atoms with van der Waals surface area (Å²) < 4.78 is 1.15. The first-order chi connectivity index (χ1) is 9.17. The van der Waals surface area contributed by atoms with Gasteiger partial charge >= 0.3 is 0 Å². The fourth-order valence-electron chi connectivity index (χ4n) is 2.45. The molecule has 1 aromatic rings. The number of hydrogen-bond acceptors (Lipinski definition) is 1. The second kappa shape index (κ2) is 9.55. The maximum absolute atomic E-state index is 3.76. The molecule has 0 saturated carbocycles. The van der Waals surface area contributed by atoms with Crippen molar-refractivity contribution < 1.29 is 0 Å². The molecule has 0 amide bonds. The molecule has 0 heterocycles. The summed E-state index contributed by atoms with van der Waals surface area (Å²) in [5.41, 5.74) is 1.39. The van der Waals surface area contributed by atoms with Crippen LogP contribution in [0.5, 0.6) is 0 Å². The zero-order valence-electron chi connectivity index (χ0n) is 12.6. The van der Waals surface area contributed by atoms with Crippen LogP contribution in [0.4, 0.5) is 0 Å². The Labute approximate surface area is 127 Å². The highest BCUT2D eigenvalue weighted by Gasteiger charge is 2.12. The highest BCUT2D eigenvalue weighted by Crippen LogP contribution is 2.20. The lowest BCUT2D eigenvalue weighted by Gasteiger charge is -2.23. The average molecular weight is 326 g/mol. The Morgan fingerprint density at radius 2 is 1.74 bits per heavy atom. The van der Waals surface area contributed by atoms with Gasteiger partial charge in [-0.15, -0.1) is 0 Å². The van der Waals surface area contributed by atoms with Gasteiger partial charge in [-0.1, -0.05) is 67.6 Å². The van der Waals surface area contributed by atoms with Crippen LogP contribution in [-0.4, -0.2) is 6.04 Å². The van der Waals surface area contributed by atoms with Crippen molar-refractivity contribution in [3.63, 3.8) is 0 Å². The number of rotatable bonds is 9. The van der Waals surface area contributed by atoms with E-state index in [0.717, 1.165) is 10.9 Å². The Balaban J connectivity index is 2.41. The van der Waals surface area contributed by atoms with E-state index in [4.69, 9.17) is 0 Å². The van der Waals surface area contributed by atoms with E-state index in [-0.39, 0.29) is 0 Å². The zero-order valence-corrected chi connectivity index (χ0v) is 14.2. The topological polar surface area (TPSA) is 12.0 Å². The van der Waals surface area contributed by atoms with Gasteiger partial charge in [0.25, 0.3) is 0 Å². The third-order valence-corrected chi connectivity index (χ3v) is 4.19. The molecule has 1 N–H and O–H groups in total. The van der Waals surface area contributed by atoms with Crippen LogP contribution in [0, 0.1) is 0 Å². The lowest BCUT2D eigenvalue weighted by Crippen LogP contribution is -2.30. The third-order valence-electron chi connectivity index (χ3n) is 3.66. The highest BCUT2D eigenvalue weighted by molar-refractivity contribution is 9.10. The fourth-order valence-corrected chi connectivity index (χ4v) is 2.71. The quantitative estimate of drug-likeness (QED) is 0.561. The van der Waals surface area contributed by atoms with E-state index < -0.39 is 0 Å². The predicted octanol–water partition coefficient (Wildman–Crippen LogP) is 5.85. The molecule has 0 aliphatic rings. The van der Waals surface area contributed by atoms with Gasteiger partial charge in [-0.25, -0.2) is 0 Å². The Morgan fingerprint density at radius 3 is 2.32 bits per heavy atom. The van der Waals surface area contributed by atoms with E-state index in [2.05, 4.69) is 66.3 Å². The molecule has 0 saturated heterocycles. The normalized spacial score (nSPS) is 14.3. The molecule has 0 spiro atoms. The lowest BCUT2D eigenvalue weighted by atomic mass is 10.0. The minimum atomic E-state index is 0.481. The van der Waals surface area contributed by atoms with Gasteiger partial charge < -0.3 is 5.32 Å². The monoisotopic (exact) mass is 325 g/mol. The molecular weight excluding hydrogens is 298 g/mol. The van der Waals surface area contributed by atoms with E-state index in [1.807, 2.05) is 0 Å². The van der Waals surface area contributed by atoms with E-state index >= 15 is 0 Å². The van der Waals surface area contributed by atoms with Gasteiger partial charge in [0.15, 0.2) is 0 Å². The number of halogens is 1. The van der Waals surface area contributed by atoms with E-state index in [1.165, 1.54) is 37.7 Å². The van der Waals surface area contributed by atoms with Crippen molar-refractivity contribution in [3.05, 3.63) is 34.3 Å². The molecule has 1 aromatic carbocycles. The molecule has 2 atom stereocenters. The molecule has 2 heteroatoms. The molecular formula is C17H28BrN. The summed E-state index contributed by atoms with van der Waals surface area (Å²) in [4.78, 5) is 0. The maximum Gasteiger partial charge on any atom is 0.0319 e. The van der Waals surface area contributed by atoms with Crippen LogP contribution in [0.25, 0.3) is 0 Å². The van der Waals surface area contributed by atoms with Gasteiger partial charge in [0.1, 0.15) is 0 Å². The molecule has 1 nitrogen and oxygen atoms in total. The van der Waals surface area contributed by atoms with Crippen molar-refractivity contribution in [2.75, 3.05) is 0 Å². The highest BCUT2D eigenvalue weighted by atomic mass is 79.9. The summed E-state index contributed by atoms with van der Waals surface area (Å²) in [7, 11) is 0. The van der Waals surface area contributed by atoms with Crippen molar-refractivity contribution in [1.82, 2.24) is 5.32 Å². The van der Waals surface area contributed by atoms with Crippen LogP contribution in [0.15, 0.2) is 28.7 Å². The summed E-state index contributed by atoms with van der Waals surface area (Å²) in [5, 5.41) is 3.76. The van der Waals surface area contributed by atoms with Crippen LogP contribution in [0.2, 0.25) is 0 Å². The van der Waals surface area contributed by atoms with Gasteiger partial charge in [0.2, 0.25) is 0 Å². The van der Waals surface area contributed by atoms with Gasteiger partial charge in [-0.2, -0.15) is 0 Å². The van der Waals surface area contributed by atoms with Gasteiger partial charge in [-0.3, -0.25) is 0 Å². The van der Waals surface area contributed by atoms with E-state index in [9.17, 15) is 0 Å². The van der Waals surface area contributed by atoms with Crippen molar-refractivity contribution in [2.45, 2.75) is 71.4 Å². The molecule has 19 heavy (non-hydrogen) atoms. The molecule has 0 aliphatic carbocycles. The van der Waals surface area contributed by atoms with Crippen LogP contribution >= 0.6 is 15.9 Å². The van der Waals surface area contributed by atoms with E-state index in [1.54, 1.807) is 0 Å². The first-order valence-corrected chi connectivity index (χ1v) is 8.48. The zero-order chi connectivity index (χ0) is 14.1. The molecule has 0 radical (unpaired) electrons. The van der Waals surface area contributed by atoms with Gasteiger partial charge in [0.05, 0.1) is 0 Å². The molecule has 2 unspecified atom stereocenters. The Hall–Kier alpha value is -0.340. The van der Waals surface area contributed by atoms with Gasteiger partial charge in [-0.05, 0) is 37.5 Å². The van der Waals surface area contributed by atoms with Crippen LogP contribution in [0.1, 0.15) is 70.9 Å². The first-order valence-electron chi connectivity index (χ1n) is 7.68. The first kappa shape index (κ1) is 16.7. The number of benzene rings is 1. The SMILES string of the molecule is CCCCCCC(C)NC(CC)c1ccc(Br)cc1. The second-order valence-corrected chi connectivity index (χ2v) is 6.35. The molecule has 0 aliphatic heterocycles. The van der Waals surface area contributed by atoms with Crippen molar-refractivity contribution in [3.8, 4) is 0 Å². The molecule has 108 valence electrons. The van der Waals surface area contributed by atoms with Crippen LogP contribution in [-0.2, 0) is 0 Å². The molecule has 0 aromatic heterocycles. The largest absolute Gasteiger partial charge is 0.307 e. The van der Waals surface area contributed by atoms with Crippen molar-refractivity contribution in [2.24, 2.45) is 0 Å². The van der Waals surface area contributed by atoms with Crippen LogP contribution in [0.3, 0.4) is 0 Å². The fraction of sp³-hybridized carbons (Fsp3) is 0.647. The second-order valence-electron chi connectivity index (χ2n) is 5.43. The maximum atomic E-state index is 3.76. The standard InChI is InChI=1S/C17H28BrN/c1-4-6-7-8-9-14(3)19-17(5-2)15-10-12-16(18)13-11-15/h10-14,17,19H,4-9H2,1-3H3. The molecule has 0 fully saturated rings. The number of unbranched alkanes of at least 4 members (excludes halogenated alkanes) is 3. The summed E-state index contributed by atoms with van der Waals surface area (Å²) >= 11 is 3.50. The summed E-state index contributed by atoms with van der Waals surface area (Å²) in [5.74, 6) is 0. The third kappa shape index (κ3) is 6.58. The van der Waals surface area contributed by atoms with Crippen LogP contribution < -0.4 is 5.32 Å². The van der Waals surface area contributed by atoms with Gasteiger partial charge in [0, 0.05) is 16.6 Å². The number of hydrogen-bond donors (Lipinski definition) is 1. The Bertz CT molecular complexity index is 334. The summed E-state index contributed by atoms with van der Waals surface area (Å²) in [6.07, 6.45) is 7.83. The Kier molecular flexibility index (Phi) is 8.40. The lowest BCUT2D eigenvalue weighted by molar-refractivity contribution is 0.413. The van der Waals surface area contributed by atoms with Crippen molar-refractivity contribution in [1.29, 1.82) is 0 Å². The van der Waals surface area contributed by atoms with Crippen molar-refractivity contribution >= 4 is 15.9 Å². The minimum Gasteiger partial charge on any atom is -0.307 e. The molecule has 0 bridgehead atoms. The minimum absolute atomic E-state index is 0.481. The number of nitrogens with one attached hydrogen (secondary N) is 1. The smallest absolute Gasteiger partial charge is 0.0319 e. The summed E-state index contributed by atoms with van der Waals surface area (Å²) in [6, 6.07) is 9.78.